The lowest BCUT2D eigenvalue weighted by molar-refractivity contribution is -0.0318. The van der Waals surface area contributed by atoms with Gasteiger partial charge in [-0.3, -0.25) is 4.98 Å². The van der Waals surface area contributed by atoms with Gasteiger partial charge in [-0.25, -0.2) is 4.52 Å². The summed E-state index contributed by atoms with van der Waals surface area (Å²) >= 11 is 1.62. The molecule has 174 valence electrons. The summed E-state index contributed by atoms with van der Waals surface area (Å²) in [4.78, 5) is 7.13. The predicted octanol–water partition coefficient (Wildman–Crippen LogP) is 3.48. The molecule has 0 radical (unpaired) electrons. The molecule has 2 atom stereocenters. The number of ether oxygens (including phenoxy) is 2. The van der Waals surface area contributed by atoms with Gasteiger partial charge in [0.15, 0.2) is 5.01 Å². The van der Waals surface area contributed by atoms with Gasteiger partial charge in [0.05, 0.1) is 53.4 Å². The van der Waals surface area contributed by atoms with Crippen LogP contribution in [0.1, 0.15) is 19.8 Å². The van der Waals surface area contributed by atoms with Gasteiger partial charge in [0, 0.05) is 31.2 Å². The summed E-state index contributed by atoms with van der Waals surface area (Å²) in [5.41, 5.74) is 4.64. The molecule has 3 aliphatic heterocycles. The summed E-state index contributed by atoms with van der Waals surface area (Å²) in [5, 5.41) is 19.1. The van der Waals surface area contributed by atoms with E-state index >= 15 is 0 Å². The number of pyridine rings is 1. The minimum absolute atomic E-state index is 0.121. The predicted molar refractivity (Wildman–Crippen MR) is 130 cm³/mol. The topological polar surface area (TPSA) is 89.7 Å². The maximum atomic E-state index is 5.99. The van der Waals surface area contributed by atoms with E-state index in [0.717, 1.165) is 64.2 Å². The van der Waals surface area contributed by atoms with Crippen molar-refractivity contribution in [1.82, 2.24) is 24.8 Å². The third-order valence-electron chi connectivity index (χ3n) is 6.82. The van der Waals surface area contributed by atoms with Gasteiger partial charge in [-0.15, -0.1) is 10.2 Å². The van der Waals surface area contributed by atoms with Gasteiger partial charge in [-0.05, 0) is 50.1 Å². The van der Waals surface area contributed by atoms with Gasteiger partial charge in [-0.1, -0.05) is 11.3 Å². The number of fused-ring (bicyclic) bond motifs is 3. The Kier molecular flexibility index (Phi) is 4.61. The Morgan fingerprint density at radius 1 is 1.12 bits per heavy atom. The van der Waals surface area contributed by atoms with E-state index in [0.29, 0.717) is 25.4 Å². The quantitative estimate of drug-likeness (QED) is 0.469. The fourth-order valence-corrected chi connectivity index (χ4v) is 5.93. The summed E-state index contributed by atoms with van der Waals surface area (Å²) < 4.78 is 13.4. The van der Waals surface area contributed by atoms with Crippen molar-refractivity contribution in [2.24, 2.45) is 0 Å². The first-order valence-corrected chi connectivity index (χ1v) is 12.5. The molecule has 3 fully saturated rings. The van der Waals surface area contributed by atoms with E-state index in [4.69, 9.17) is 14.5 Å². The molecule has 1 N–H and O–H groups in total. The van der Waals surface area contributed by atoms with Crippen LogP contribution in [0.15, 0.2) is 42.7 Å². The van der Waals surface area contributed by atoms with Crippen molar-refractivity contribution in [3.05, 3.63) is 42.7 Å². The second-order valence-electron chi connectivity index (χ2n) is 9.62. The summed E-state index contributed by atoms with van der Waals surface area (Å²) in [6, 6.07) is 10.2. The van der Waals surface area contributed by atoms with Crippen LogP contribution in [0, 0.1) is 0 Å². The van der Waals surface area contributed by atoms with Crippen LogP contribution in [0.3, 0.4) is 0 Å². The molecule has 0 unspecified atom stereocenters. The standard InChI is InChI=1S/C24H25N7O2S/c1-24(13-32-14-24)27-19-9-20(21-7-4-15-3-2-8-26-31(15)21)25-10-18(19)22-28-29-23(34-22)30-11-16-5-6-17(12-30)33-16/h2-4,7-10,16-17H,5-6,11-14H2,1H3,(H,25,27)/t16-,17+. The minimum Gasteiger partial charge on any atom is -0.376 e. The molecule has 0 aliphatic carbocycles. The van der Waals surface area contributed by atoms with E-state index < -0.39 is 0 Å². The van der Waals surface area contributed by atoms with Crippen molar-refractivity contribution in [3.63, 3.8) is 0 Å². The van der Waals surface area contributed by atoms with Crippen LogP contribution in [0.5, 0.6) is 0 Å². The smallest absolute Gasteiger partial charge is 0.208 e. The molecule has 34 heavy (non-hydrogen) atoms. The Morgan fingerprint density at radius 2 is 1.97 bits per heavy atom. The van der Waals surface area contributed by atoms with Crippen molar-refractivity contribution in [2.45, 2.75) is 37.5 Å². The maximum Gasteiger partial charge on any atom is 0.208 e. The van der Waals surface area contributed by atoms with Crippen molar-refractivity contribution >= 4 is 27.7 Å². The Hall–Kier alpha value is -3.08. The van der Waals surface area contributed by atoms with Crippen LogP contribution >= 0.6 is 11.3 Å². The molecule has 7 heterocycles. The number of anilines is 2. The summed E-state index contributed by atoms with van der Waals surface area (Å²) in [5.74, 6) is 0. The SMILES string of the molecule is CC1(Nc2cc(-c3ccc4cccnn34)ncc2-c2nnc(N3C[C@H]4CC[C@@H](C3)O4)s2)COC1. The van der Waals surface area contributed by atoms with Gasteiger partial charge >= 0.3 is 0 Å². The highest BCUT2D eigenvalue weighted by Gasteiger charge is 2.36. The second-order valence-corrected chi connectivity index (χ2v) is 10.6. The third kappa shape index (κ3) is 3.44. The lowest BCUT2D eigenvalue weighted by Crippen LogP contribution is -2.53. The monoisotopic (exact) mass is 475 g/mol. The first-order valence-electron chi connectivity index (χ1n) is 11.7. The number of nitrogens with one attached hydrogen (secondary N) is 1. The van der Waals surface area contributed by atoms with Gasteiger partial charge in [0.1, 0.15) is 0 Å². The highest BCUT2D eigenvalue weighted by atomic mass is 32.1. The summed E-state index contributed by atoms with van der Waals surface area (Å²) in [6.45, 7) is 5.27. The van der Waals surface area contributed by atoms with Crippen LogP contribution in [0.25, 0.3) is 27.5 Å². The van der Waals surface area contributed by atoms with E-state index in [2.05, 4.69) is 50.6 Å². The molecule has 0 aromatic carbocycles. The van der Waals surface area contributed by atoms with Crippen LogP contribution in [-0.2, 0) is 9.47 Å². The third-order valence-corrected chi connectivity index (χ3v) is 7.84. The molecule has 10 heteroatoms. The Bertz CT molecular complexity index is 1350. The minimum atomic E-state index is -0.121. The second kappa shape index (κ2) is 7.72. The lowest BCUT2D eigenvalue weighted by Gasteiger charge is -2.40. The van der Waals surface area contributed by atoms with Crippen LogP contribution < -0.4 is 10.2 Å². The first-order chi connectivity index (χ1) is 16.6. The number of hydrogen-bond acceptors (Lipinski definition) is 9. The molecule has 0 saturated carbocycles. The molecule has 9 nitrogen and oxygen atoms in total. The average molecular weight is 476 g/mol. The van der Waals surface area contributed by atoms with Crippen LogP contribution in [0.2, 0.25) is 0 Å². The number of hydrogen-bond donors (Lipinski definition) is 1. The summed E-state index contributed by atoms with van der Waals surface area (Å²) in [6.07, 6.45) is 6.58. The molecule has 4 aromatic rings. The zero-order chi connectivity index (χ0) is 22.7. The molecular weight excluding hydrogens is 450 g/mol. The normalized spacial score (nSPS) is 23.3. The highest BCUT2D eigenvalue weighted by molar-refractivity contribution is 7.18. The average Bonchev–Trinajstić information content (AvgIpc) is 3.56. The van der Waals surface area contributed by atoms with E-state index in [1.807, 2.05) is 22.8 Å². The zero-order valence-corrected chi connectivity index (χ0v) is 19.7. The number of rotatable bonds is 5. The van der Waals surface area contributed by atoms with E-state index in [9.17, 15) is 0 Å². The molecule has 0 spiro atoms. The number of nitrogens with zero attached hydrogens (tertiary/aromatic N) is 6. The highest BCUT2D eigenvalue weighted by Crippen LogP contribution is 2.39. The Labute approximate surface area is 200 Å². The fourth-order valence-electron chi connectivity index (χ4n) is 5.04. The van der Waals surface area contributed by atoms with E-state index in [-0.39, 0.29) is 5.54 Å². The van der Waals surface area contributed by atoms with Crippen molar-refractivity contribution in [1.29, 1.82) is 0 Å². The maximum absolute atomic E-state index is 5.99. The molecule has 7 rings (SSSR count). The van der Waals surface area contributed by atoms with Crippen LogP contribution in [-0.4, -0.2) is 68.8 Å². The van der Waals surface area contributed by atoms with Gasteiger partial charge in [0.25, 0.3) is 0 Å². The Balaban J connectivity index is 1.26. The summed E-state index contributed by atoms with van der Waals surface area (Å²) in [7, 11) is 0. The van der Waals surface area contributed by atoms with Crippen molar-refractivity contribution in [2.75, 3.05) is 36.5 Å². The molecular formula is C24H25N7O2S. The Morgan fingerprint density at radius 3 is 2.76 bits per heavy atom. The van der Waals surface area contributed by atoms with Crippen molar-refractivity contribution in [3.8, 4) is 22.0 Å². The van der Waals surface area contributed by atoms with Gasteiger partial charge < -0.3 is 19.7 Å². The van der Waals surface area contributed by atoms with E-state index in [1.54, 1.807) is 17.5 Å². The molecule has 0 amide bonds. The van der Waals surface area contributed by atoms with Crippen molar-refractivity contribution < 1.29 is 9.47 Å². The number of aromatic nitrogens is 5. The van der Waals surface area contributed by atoms with Gasteiger partial charge in [0.2, 0.25) is 5.13 Å². The first kappa shape index (κ1) is 20.3. The molecule has 4 aromatic heterocycles. The zero-order valence-electron chi connectivity index (χ0n) is 18.8. The molecule has 2 bridgehead atoms. The van der Waals surface area contributed by atoms with E-state index in [1.165, 1.54) is 0 Å². The molecule has 3 aliphatic rings. The fraction of sp³-hybridized carbons (Fsp3) is 0.417. The lowest BCUT2D eigenvalue weighted by atomic mass is 9.99. The van der Waals surface area contributed by atoms with Crippen LogP contribution in [0.4, 0.5) is 10.8 Å². The largest absolute Gasteiger partial charge is 0.376 e. The number of morpholine rings is 1. The van der Waals surface area contributed by atoms with Gasteiger partial charge in [-0.2, -0.15) is 5.10 Å². The molecule has 3 saturated heterocycles.